The molecule has 1 saturated heterocycles. The van der Waals surface area contributed by atoms with Crippen LogP contribution < -0.4 is 5.32 Å². The number of carboxylic acid groups (broad SMARTS) is 1. The summed E-state index contributed by atoms with van der Waals surface area (Å²) in [5, 5.41) is 12.1. The lowest BCUT2D eigenvalue weighted by Gasteiger charge is -2.26. The van der Waals surface area contributed by atoms with Gasteiger partial charge in [-0.3, -0.25) is 4.90 Å². The van der Waals surface area contributed by atoms with Gasteiger partial charge in [-0.05, 0) is 6.07 Å². The van der Waals surface area contributed by atoms with Gasteiger partial charge >= 0.3 is 5.97 Å². The summed E-state index contributed by atoms with van der Waals surface area (Å²) in [4.78, 5) is 13.0. The molecule has 0 radical (unpaired) electrons. The number of rotatable bonds is 3. The number of nitrogens with one attached hydrogen (secondary N) is 1. The number of halogens is 2. The maximum atomic E-state index is 10.8. The first kappa shape index (κ1) is 16.2. The molecule has 0 atom stereocenters. The van der Waals surface area contributed by atoms with Crippen LogP contribution in [-0.4, -0.2) is 42.2 Å². The zero-order valence-corrected chi connectivity index (χ0v) is 10.9. The summed E-state index contributed by atoms with van der Waals surface area (Å²) in [5.41, 5.74) is 0.754. The predicted octanol–water partition coefficient (Wildman–Crippen LogP) is 1.23. The van der Waals surface area contributed by atoms with E-state index >= 15 is 0 Å². The highest BCUT2D eigenvalue weighted by Crippen LogP contribution is 2.13. The molecule has 17 heavy (non-hydrogen) atoms. The Morgan fingerprint density at radius 3 is 2.65 bits per heavy atom. The molecule has 1 fully saturated rings. The second kappa shape index (κ2) is 7.55. The van der Waals surface area contributed by atoms with Gasteiger partial charge in [-0.1, -0.05) is 0 Å². The van der Waals surface area contributed by atoms with E-state index in [1.165, 1.54) is 6.26 Å². The lowest BCUT2D eigenvalue weighted by atomic mass is 10.2. The Morgan fingerprint density at radius 2 is 2.06 bits per heavy atom. The molecule has 1 aromatic heterocycles. The van der Waals surface area contributed by atoms with Crippen molar-refractivity contribution >= 4 is 30.8 Å². The third kappa shape index (κ3) is 4.20. The van der Waals surface area contributed by atoms with Crippen molar-refractivity contribution in [3.8, 4) is 0 Å². The van der Waals surface area contributed by atoms with E-state index in [1.54, 1.807) is 6.07 Å². The van der Waals surface area contributed by atoms with Crippen molar-refractivity contribution < 1.29 is 14.3 Å². The van der Waals surface area contributed by atoms with Crippen LogP contribution in [0.1, 0.15) is 16.1 Å². The molecule has 0 bridgehead atoms. The number of carboxylic acids is 1. The van der Waals surface area contributed by atoms with E-state index in [0.717, 1.165) is 31.7 Å². The minimum absolute atomic E-state index is 0. The number of carbonyl (C=O) groups is 1. The summed E-state index contributed by atoms with van der Waals surface area (Å²) in [5.74, 6) is -0.932. The molecule has 0 aliphatic carbocycles. The van der Waals surface area contributed by atoms with Gasteiger partial charge < -0.3 is 14.8 Å². The van der Waals surface area contributed by atoms with E-state index in [9.17, 15) is 4.79 Å². The maximum Gasteiger partial charge on any atom is 0.372 e. The summed E-state index contributed by atoms with van der Waals surface area (Å²) in [6.07, 6.45) is 1.43. The van der Waals surface area contributed by atoms with Crippen LogP contribution in [0.3, 0.4) is 0 Å². The Morgan fingerprint density at radius 1 is 1.41 bits per heavy atom. The summed E-state index contributed by atoms with van der Waals surface area (Å²) in [7, 11) is 0. The van der Waals surface area contributed by atoms with Crippen LogP contribution in [0.15, 0.2) is 16.7 Å². The number of hydrogen-bond donors (Lipinski definition) is 2. The molecule has 0 aromatic carbocycles. The van der Waals surface area contributed by atoms with Crippen LogP contribution in [0.25, 0.3) is 0 Å². The molecule has 1 aliphatic heterocycles. The number of furan rings is 1. The Hall–Kier alpha value is -0.750. The van der Waals surface area contributed by atoms with Gasteiger partial charge in [-0.25, -0.2) is 4.79 Å². The lowest BCUT2D eigenvalue weighted by molar-refractivity contribution is 0.0659. The van der Waals surface area contributed by atoms with Gasteiger partial charge in [-0.15, -0.1) is 24.8 Å². The summed E-state index contributed by atoms with van der Waals surface area (Å²) < 4.78 is 4.93. The summed E-state index contributed by atoms with van der Waals surface area (Å²) in [6.45, 7) is 4.47. The van der Waals surface area contributed by atoms with Gasteiger partial charge in [0.2, 0.25) is 5.76 Å². The predicted molar refractivity (Wildman–Crippen MR) is 68.3 cm³/mol. The summed E-state index contributed by atoms with van der Waals surface area (Å²) >= 11 is 0. The Labute approximate surface area is 112 Å². The topological polar surface area (TPSA) is 65.7 Å². The third-order valence-electron chi connectivity index (χ3n) is 2.54. The molecule has 0 spiro atoms. The molecule has 2 N–H and O–H groups in total. The smallest absolute Gasteiger partial charge is 0.372 e. The van der Waals surface area contributed by atoms with Gasteiger partial charge in [0, 0.05) is 38.3 Å². The van der Waals surface area contributed by atoms with Crippen LogP contribution in [-0.2, 0) is 6.54 Å². The monoisotopic (exact) mass is 282 g/mol. The molecule has 5 nitrogen and oxygen atoms in total. The molecule has 0 unspecified atom stereocenters. The van der Waals surface area contributed by atoms with Crippen molar-refractivity contribution in [2.45, 2.75) is 6.54 Å². The van der Waals surface area contributed by atoms with E-state index < -0.39 is 5.97 Å². The van der Waals surface area contributed by atoms with Gasteiger partial charge in [0.15, 0.2) is 0 Å². The van der Waals surface area contributed by atoms with E-state index in [-0.39, 0.29) is 30.6 Å². The van der Waals surface area contributed by atoms with E-state index in [4.69, 9.17) is 9.52 Å². The molecule has 0 saturated carbocycles. The zero-order chi connectivity index (χ0) is 10.7. The fourth-order valence-corrected chi connectivity index (χ4v) is 1.76. The van der Waals surface area contributed by atoms with Gasteiger partial charge in [-0.2, -0.15) is 0 Å². The number of piperazine rings is 1. The molecular formula is C10H16Cl2N2O3. The first-order valence-corrected chi connectivity index (χ1v) is 5.00. The highest BCUT2D eigenvalue weighted by atomic mass is 35.5. The van der Waals surface area contributed by atoms with Crippen LogP contribution in [0.5, 0.6) is 0 Å². The standard InChI is InChI=1S/C10H14N2O3.2ClH/c13-10(14)9-8(1-6-15-9)7-12-4-2-11-3-5-12;;/h1,6,11H,2-5,7H2,(H,13,14);2*1H. The number of aromatic carboxylic acids is 1. The molecule has 0 amide bonds. The first-order valence-electron chi connectivity index (χ1n) is 5.00. The highest BCUT2D eigenvalue weighted by Gasteiger charge is 2.17. The van der Waals surface area contributed by atoms with Crippen LogP contribution in [0, 0.1) is 0 Å². The van der Waals surface area contributed by atoms with Crippen molar-refractivity contribution in [1.82, 2.24) is 10.2 Å². The van der Waals surface area contributed by atoms with Crippen molar-refractivity contribution in [3.05, 3.63) is 23.7 Å². The molecule has 1 aromatic rings. The van der Waals surface area contributed by atoms with Crippen LogP contribution >= 0.6 is 24.8 Å². The second-order valence-corrected chi connectivity index (χ2v) is 3.61. The molecule has 2 heterocycles. The van der Waals surface area contributed by atoms with Gasteiger partial charge in [0.1, 0.15) is 0 Å². The highest BCUT2D eigenvalue weighted by molar-refractivity contribution is 5.86. The average molecular weight is 283 g/mol. The van der Waals surface area contributed by atoms with E-state index in [0.29, 0.717) is 6.54 Å². The normalized spacial score (nSPS) is 15.8. The second-order valence-electron chi connectivity index (χ2n) is 3.61. The van der Waals surface area contributed by atoms with E-state index in [1.807, 2.05) is 0 Å². The molecular weight excluding hydrogens is 267 g/mol. The van der Waals surface area contributed by atoms with Crippen LogP contribution in [0.2, 0.25) is 0 Å². The van der Waals surface area contributed by atoms with Crippen molar-refractivity contribution in [2.24, 2.45) is 0 Å². The minimum Gasteiger partial charge on any atom is -0.475 e. The van der Waals surface area contributed by atoms with Gasteiger partial charge in [0.05, 0.1) is 6.26 Å². The van der Waals surface area contributed by atoms with Crippen molar-refractivity contribution in [1.29, 1.82) is 0 Å². The Kier molecular flexibility index (Phi) is 7.22. The quantitative estimate of drug-likeness (QED) is 0.873. The van der Waals surface area contributed by atoms with Crippen molar-refractivity contribution in [2.75, 3.05) is 26.2 Å². The largest absolute Gasteiger partial charge is 0.475 e. The number of hydrogen-bond acceptors (Lipinski definition) is 4. The first-order chi connectivity index (χ1) is 7.27. The van der Waals surface area contributed by atoms with Crippen molar-refractivity contribution in [3.63, 3.8) is 0 Å². The summed E-state index contributed by atoms with van der Waals surface area (Å²) in [6, 6.07) is 1.73. The van der Waals surface area contributed by atoms with E-state index in [2.05, 4.69) is 10.2 Å². The molecule has 2 rings (SSSR count). The molecule has 98 valence electrons. The van der Waals surface area contributed by atoms with Gasteiger partial charge in [0.25, 0.3) is 0 Å². The lowest BCUT2D eigenvalue weighted by Crippen LogP contribution is -2.43. The minimum atomic E-state index is -0.995. The fourth-order valence-electron chi connectivity index (χ4n) is 1.76. The third-order valence-corrected chi connectivity index (χ3v) is 2.54. The Balaban J connectivity index is 0.00000128. The zero-order valence-electron chi connectivity index (χ0n) is 9.22. The Bertz CT molecular complexity index is 351. The maximum absolute atomic E-state index is 10.8. The molecule has 7 heteroatoms. The fraction of sp³-hybridized carbons (Fsp3) is 0.500. The SMILES string of the molecule is Cl.Cl.O=C(O)c1occc1CN1CCNCC1. The number of nitrogens with zero attached hydrogens (tertiary/aromatic N) is 1. The molecule has 1 aliphatic rings. The average Bonchev–Trinajstić information content (AvgIpc) is 2.67. The van der Waals surface area contributed by atoms with Crippen LogP contribution in [0.4, 0.5) is 0 Å².